The molecule has 0 saturated carbocycles. The number of nitriles is 1. The summed E-state index contributed by atoms with van der Waals surface area (Å²) in [5.41, 5.74) is 21.2. The molecule has 2 atom stereocenters. The first kappa shape index (κ1) is 37.3. The van der Waals surface area contributed by atoms with Crippen LogP contribution in [0.1, 0.15) is 63.9 Å². The highest BCUT2D eigenvalue weighted by Gasteiger charge is 2.46. The summed E-state index contributed by atoms with van der Waals surface area (Å²) >= 11 is 0. The van der Waals surface area contributed by atoms with E-state index in [4.69, 9.17) is 10.7 Å². The minimum Gasteiger partial charge on any atom is -0.355 e. The van der Waals surface area contributed by atoms with E-state index in [1.54, 1.807) is 6.07 Å². The number of hydrogen-bond donors (Lipinski definition) is 2. The van der Waals surface area contributed by atoms with E-state index in [0.717, 1.165) is 39.2 Å². The number of anilines is 2. The van der Waals surface area contributed by atoms with E-state index in [1.807, 2.05) is 42.6 Å². The second kappa shape index (κ2) is 15.9. The fourth-order valence-corrected chi connectivity index (χ4v) is 8.96. The van der Waals surface area contributed by atoms with Gasteiger partial charge in [-0.1, -0.05) is 170 Å². The molecule has 1 aliphatic rings. The Kier molecular flexibility index (Phi) is 10.0. The van der Waals surface area contributed by atoms with Gasteiger partial charge in [0.05, 0.1) is 22.6 Å². The normalized spacial score (nSPS) is 14.1. The molecule has 284 valence electrons. The Hall–Kier alpha value is -7.32. The zero-order valence-corrected chi connectivity index (χ0v) is 33.0. The van der Waals surface area contributed by atoms with E-state index in [9.17, 15) is 5.26 Å². The minimum atomic E-state index is -0.607. The molecule has 4 nitrogen and oxygen atoms in total. The fraction of sp³-hybridized carbons (Fsp3) is 0.0909. The first-order valence-corrected chi connectivity index (χ1v) is 20.1. The van der Waals surface area contributed by atoms with Crippen LogP contribution in [0.4, 0.5) is 11.4 Å². The molecular weight excluding hydrogens is 717 g/mol. The van der Waals surface area contributed by atoms with Crippen molar-refractivity contribution in [3.8, 4) is 28.3 Å². The van der Waals surface area contributed by atoms with E-state index in [1.165, 1.54) is 33.4 Å². The van der Waals surface area contributed by atoms with Gasteiger partial charge >= 0.3 is 0 Å². The van der Waals surface area contributed by atoms with Gasteiger partial charge in [-0.25, -0.2) is 0 Å². The zero-order valence-electron chi connectivity index (χ0n) is 33.0. The number of para-hydroxylation sites is 1. The summed E-state index contributed by atoms with van der Waals surface area (Å²) in [6, 6.07) is 74.4. The Morgan fingerprint density at radius 1 is 0.627 bits per heavy atom. The standard InChI is InChI=1S/C55H44N4/c1-54(43-20-5-2-6-21-43,36-52(57)42-19-15-17-39(33-42)37-56)58-38-40-18-16-26-46(34-40)59-53-30-14-12-27-47(53)41-31-32-51-49(35-41)48-28-11-13-29-50(48)55(51,44-22-7-3-8-23-44)45-24-9-4-10-25-45/h2-35,38,52,59H,36,57H2,1H3/b58-38+. The summed E-state index contributed by atoms with van der Waals surface area (Å²) in [4.78, 5) is 5.23. The van der Waals surface area contributed by atoms with Gasteiger partial charge in [0.1, 0.15) is 0 Å². The van der Waals surface area contributed by atoms with Crippen molar-refractivity contribution in [2.75, 3.05) is 5.32 Å². The Labute approximate surface area is 347 Å². The van der Waals surface area contributed by atoms with E-state index in [2.05, 4.69) is 182 Å². The molecule has 4 heteroatoms. The number of fused-ring (bicyclic) bond motifs is 3. The van der Waals surface area contributed by atoms with Crippen LogP contribution in [-0.2, 0) is 11.0 Å². The van der Waals surface area contributed by atoms with Gasteiger partial charge in [0.15, 0.2) is 0 Å². The molecule has 0 heterocycles. The number of nitrogens with one attached hydrogen (secondary N) is 1. The third kappa shape index (κ3) is 7.03. The molecule has 59 heavy (non-hydrogen) atoms. The van der Waals surface area contributed by atoms with Crippen LogP contribution in [0.25, 0.3) is 22.3 Å². The lowest BCUT2D eigenvalue weighted by Crippen LogP contribution is -2.28. The first-order valence-electron chi connectivity index (χ1n) is 20.1. The molecule has 0 aliphatic heterocycles. The van der Waals surface area contributed by atoms with Crippen molar-refractivity contribution >= 4 is 17.6 Å². The van der Waals surface area contributed by atoms with Crippen molar-refractivity contribution in [2.45, 2.75) is 30.3 Å². The van der Waals surface area contributed by atoms with Gasteiger partial charge in [-0.2, -0.15) is 5.26 Å². The number of aliphatic imine (C=N–C) groups is 1. The fourth-order valence-electron chi connectivity index (χ4n) is 8.96. The largest absolute Gasteiger partial charge is 0.355 e. The molecule has 3 N–H and O–H groups in total. The van der Waals surface area contributed by atoms with Crippen LogP contribution < -0.4 is 11.1 Å². The lowest BCUT2D eigenvalue weighted by atomic mass is 9.67. The lowest BCUT2D eigenvalue weighted by Gasteiger charge is -2.33. The molecular formula is C55H44N4. The quantitative estimate of drug-likeness (QED) is 0.129. The minimum absolute atomic E-state index is 0.309. The highest BCUT2D eigenvalue weighted by Crippen LogP contribution is 2.56. The van der Waals surface area contributed by atoms with Crippen molar-refractivity contribution < 1.29 is 0 Å². The van der Waals surface area contributed by atoms with Gasteiger partial charge in [-0.15, -0.1) is 0 Å². The third-order valence-corrected chi connectivity index (χ3v) is 11.8. The highest BCUT2D eigenvalue weighted by atomic mass is 14.9. The van der Waals surface area contributed by atoms with Crippen LogP contribution in [0, 0.1) is 11.3 Å². The van der Waals surface area contributed by atoms with Crippen molar-refractivity contribution in [3.05, 3.63) is 251 Å². The Bertz CT molecular complexity index is 2780. The highest BCUT2D eigenvalue weighted by molar-refractivity contribution is 5.91. The monoisotopic (exact) mass is 760 g/mol. The molecule has 8 aromatic carbocycles. The average Bonchev–Trinajstić information content (AvgIpc) is 3.60. The van der Waals surface area contributed by atoms with Crippen molar-refractivity contribution in [3.63, 3.8) is 0 Å². The van der Waals surface area contributed by atoms with Gasteiger partial charge in [-0.3, -0.25) is 4.99 Å². The van der Waals surface area contributed by atoms with E-state index in [0.29, 0.717) is 12.0 Å². The topological polar surface area (TPSA) is 74.2 Å². The van der Waals surface area contributed by atoms with Gasteiger partial charge in [0.2, 0.25) is 0 Å². The van der Waals surface area contributed by atoms with Gasteiger partial charge in [0, 0.05) is 29.2 Å². The van der Waals surface area contributed by atoms with Crippen molar-refractivity contribution in [1.82, 2.24) is 0 Å². The molecule has 1 aliphatic carbocycles. The second-order valence-electron chi connectivity index (χ2n) is 15.5. The predicted octanol–water partition coefficient (Wildman–Crippen LogP) is 12.8. The number of benzene rings is 8. The van der Waals surface area contributed by atoms with Crippen LogP contribution in [-0.4, -0.2) is 6.21 Å². The Balaban J connectivity index is 1.05. The molecule has 0 amide bonds. The van der Waals surface area contributed by atoms with E-state index < -0.39 is 11.0 Å². The number of rotatable bonds is 11. The molecule has 0 spiro atoms. The first-order chi connectivity index (χ1) is 29.0. The zero-order chi connectivity index (χ0) is 40.2. The number of nitrogens with two attached hydrogens (primary N) is 1. The summed E-state index contributed by atoms with van der Waals surface area (Å²) in [6.07, 6.45) is 2.52. The van der Waals surface area contributed by atoms with Gasteiger partial charge < -0.3 is 11.1 Å². The molecule has 8 aromatic rings. The van der Waals surface area contributed by atoms with Crippen LogP contribution in [0.15, 0.2) is 211 Å². The predicted molar refractivity (Wildman–Crippen MR) is 243 cm³/mol. The Morgan fingerprint density at radius 3 is 1.98 bits per heavy atom. The van der Waals surface area contributed by atoms with Crippen LogP contribution in [0.2, 0.25) is 0 Å². The van der Waals surface area contributed by atoms with Crippen LogP contribution in [0.5, 0.6) is 0 Å². The van der Waals surface area contributed by atoms with Crippen molar-refractivity contribution in [1.29, 1.82) is 5.26 Å². The summed E-state index contributed by atoms with van der Waals surface area (Å²) in [6.45, 7) is 2.13. The molecule has 9 rings (SSSR count). The van der Waals surface area contributed by atoms with Gasteiger partial charge in [-0.05, 0) is 105 Å². The summed E-state index contributed by atoms with van der Waals surface area (Å²) in [5, 5.41) is 13.2. The lowest BCUT2D eigenvalue weighted by molar-refractivity contribution is 0.412. The van der Waals surface area contributed by atoms with Crippen molar-refractivity contribution in [2.24, 2.45) is 10.7 Å². The molecule has 0 fully saturated rings. The van der Waals surface area contributed by atoms with Gasteiger partial charge in [0.25, 0.3) is 0 Å². The van der Waals surface area contributed by atoms with E-state index in [-0.39, 0.29) is 6.04 Å². The summed E-state index contributed by atoms with van der Waals surface area (Å²) in [7, 11) is 0. The number of nitrogens with zero attached hydrogens (tertiary/aromatic N) is 2. The molecule has 0 radical (unpaired) electrons. The maximum Gasteiger partial charge on any atom is 0.0991 e. The molecule has 0 saturated heterocycles. The van der Waals surface area contributed by atoms with E-state index >= 15 is 0 Å². The Morgan fingerprint density at radius 2 is 1.25 bits per heavy atom. The molecule has 2 unspecified atom stereocenters. The van der Waals surface area contributed by atoms with Crippen LogP contribution >= 0.6 is 0 Å². The maximum absolute atomic E-state index is 9.49. The average molecular weight is 761 g/mol. The second-order valence-corrected chi connectivity index (χ2v) is 15.5. The summed E-state index contributed by atoms with van der Waals surface area (Å²) < 4.78 is 0. The third-order valence-electron chi connectivity index (χ3n) is 11.8. The smallest absolute Gasteiger partial charge is 0.0991 e. The summed E-state index contributed by atoms with van der Waals surface area (Å²) in [5.74, 6) is 0. The maximum atomic E-state index is 9.49. The SMILES string of the molecule is CC(CC(N)c1cccc(C#N)c1)(/N=C/c1cccc(Nc2ccccc2-c2ccc3c(c2)-c2ccccc2C3(c2ccccc2)c2ccccc2)c1)c1ccccc1. The number of hydrogen-bond acceptors (Lipinski definition) is 4. The molecule has 0 bridgehead atoms. The molecule has 0 aromatic heterocycles. The van der Waals surface area contributed by atoms with Crippen LogP contribution in [0.3, 0.4) is 0 Å².